The number of amides is 1. The SMILES string of the molecule is CC(C)(C)OC(=O)N1CCC[C@H]1c1ccc(C(F)(F)F)cc1. The van der Waals surface area contributed by atoms with Crippen LogP contribution in [0.1, 0.15) is 50.8 Å². The van der Waals surface area contributed by atoms with Crippen LogP contribution in [0, 0.1) is 0 Å². The molecule has 2 rings (SSSR count). The molecule has 122 valence electrons. The number of rotatable bonds is 1. The first-order valence-corrected chi connectivity index (χ1v) is 7.25. The number of likely N-dealkylation sites (tertiary alicyclic amines) is 1. The van der Waals surface area contributed by atoms with Crippen LogP contribution < -0.4 is 0 Å². The van der Waals surface area contributed by atoms with Gasteiger partial charge in [0.05, 0.1) is 11.6 Å². The lowest BCUT2D eigenvalue weighted by Gasteiger charge is -2.29. The largest absolute Gasteiger partial charge is 0.444 e. The number of alkyl halides is 3. The summed E-state index contributed by atoms with van der Waals surface area (Å²) in [5, 5.41) is 0. The predicted molar refractivity (Wildman–Crippen MR) is 76.4 cm³/mol. The Kier molecular flexibility index (Phi) is 4.40. The van der Waals surface area contributed by atoms with Gasteiger partial charge in [-0.25, -0.2) is 4.79 Å². The zero-order chi connectivity index (χ0) is 16.5. The van der Waals surface area contributed by atoms with Crippen molar-refractivity contribution in [3.8, 4) is 0 Å². The molecule has 22 heavy (non-hydrogen) atoms. The highest BCUT2D eigenvalue weighted by atomic mass is 19.4. The maximum Gasteiger partial charge on any atom is 0.416 e. The van der Waals surface area contributed by atoms with Crippen molar-refractivity contribution in [2.45, 2.75) is 51.4 Å². The second-order valence-electron chi connectivity index (χ2n) is 6.45. The van der Waals surface area contributed by atoms with Crippen LogP contribution in [0.5, 0.6) is 0 Å². The Morgan fingerprint density at radius 2 is 1.77 bits per heavy atom. The van der Waals surface area contributed by atoms with Gasteiger partial charge in [0.25, 0.3) is 0 Å². The third-order valence-corrected chi connectivity index (χ3v) is 3.50. The Hall–Kier alpha value is -1.72. The smallest absolute Gasteiger partial charge is 0.416 e. The Bertz CT molecular complexity index is 532. The Morgan fingerprint density at radius 1 is 1.18 bits per heavy atom. The summed E-state index contributed by atoms with van der Waals surface area (Å²) in [5.74, 6) is 0. The molecule has 3 nitrogen and oxygen atoms in total. The van der Waals surface area contributed by atoms with E-state index < -0.39 is 23.4 Å². The molecule has 0 radical (unpaired) electrons. The summed E-state index contributed by atoms with van der Waals surface area (Å²) in [7, 11) is 0. The van der Waals surface area contributed by atoms with Crippen LogP contribution in [0.4, 0.5) is 18.0 Å². The molecule has 0 N–H and O–H groups in total. The monoisotopic (exact) mass is 315 g/mol. The van der Waals surface area contributed by atoms with E-state index in [9.17, 15) is 18.0 Å². The number of carbonyl (C=O) groups excluding carboxylic acids is 1. The first kappa shape index (κ1) is 16.6. The second-order valence-corrected chi connectivity index (χ2v) is 6.45. The van der Waals surface area contributed by atoms with Crippen LogP contribution in [0.25, 0.3) is 0 Å². The average molecular weight is 315 g/mol. The number of halogens is 3. The van der Waals surface area contributed by atoms with Crippen molar-refractivity contribution in [1.29, 1.82) is 0 Å². The van der Waals surface area contributed by atoms with Crippen LogP contribution in [0.15, 0.2) is 24.3 Å². The third-order valence-electron chi connectivity index (χ3n) is 3.50. The highest BCUT2D eigenvalue weighted by Crippen LogP contribution is 2.35. The molecule has 0 aliphatic carbocycles. The zero-order valence-corrected chi connectivity index (χ0v) is 12.9. The molecule has 1 heterocycles. The lowest BCUT2D eigenvalue weighted by molar-refractivity contribution is -0.137. The molecule has 0 spiro atoms. The minimum atomic E-state index is -4.35. The van der Waals surface area contributed by atoms with Crippen LogP contribution in [0.3, 0.4) is 0 Å². The van der Waals surface area contributed by atoms with E-state index >= 15 is 0 Å². The molecule has 1 aromatic rings. The van der Waals surface area contributed by atoms with Crippen LogP contribution in [-0.4, -0.2) is 23.1 Å². The molecule has 0 unspecified atom stereocenters. The average Bonchev–Trinajstić information content (AvgIpc) is 2.85. The van der Waals surface area contributed by atoms with E-state index in [4.69, 9.17) is 4.74 Å². The molecule has 1 amide bonds. The van der Waals surface area contributed by atoms with E-state index in [-0.39, 0.29) is 6.04 Å². The number of nitrogens with zero attached hydrogens (tertiary/aromatic N) is 1. The summed E-state index contributed by atoms with van der Waals surface area (Å²) in [6, 6.07) is 4.77. The molecule has 1 atom stereocenters. The summed E-state index contributed by atoms with van der Waals surface area (Å²) >= 11 is 0. The Labute approximate surface area is 128 Å². The van der Waals surface area contributed by atoms with E-state index in [1.807, 2.05) is 0 Å². The molecule has 6 heteroatoms. The fourth-order valence-corrected chi connectivity index (χ4v) is 2.55. The van der Waals surface area contributed by atoms with Gasteiger partial charge in [-0.1, -0.05) is 12.1 Å². The van der Waals surface area contributed by atoms with Crippen LogP contribution in [0.2, 0.25) is 0 Å². The summed E-state index contributed by atoms with van der Waals surface area (Å²) in [6.07, 6.45) is -3.23. The van der Waals surface area contributed by atoms with Crippen molar-refractivity contribution in [2.24, 2.45) is 0 Å². The lowest BCUT2D eigenvalue weighted by atomic mass is 10.0. The number of hydrogen-bond acceptors (Lipinski definition) is 2. The highest BCUT2D eigenvalue weighted by Gasteiger charge is 2.34. The first-order chi connectivity index (χ1) is 10.1. The van der Waals surface area contributed by atoms with Gasteiger partial charge in [0.2, 0.25) is 0 Å². The van der Waals surface area contributed by atoms with E-state index in [0.717, 1.165) is 25.0 Å². The van der Waals surface area contributed by atoms with E-state index in [0.29, 0.717) is 12.1 Å². The van der Waals surface area contributed by atoms with Crippen LogP contribution in [-0.2, 0) is 10.9 Å². The summed E-state index contributed by atoms with van der Waals surface area (Å²) in [6.45, 7) is 5.91. The van der Waals surface area contributed by atoms with E-state index in [1.165, 1.54) is 12.1 Å². The summed E-state index contributed by atoms with van der Waals surface area (Å²) in [4.78, 5) is 13.8. The minimum Gasteiger partial charge on any atom is -0.444 e. The quantitative estimate of drug-likeness (QED) is 0.746. The normalized spacial score (nSPS) is 19.4. The van der Waals surface area contributed by atoms with E-state index in [2.05, 4.69) is 0 Å². The molecule has 1 aliphatic rings. The molecular weight excluding hydrogens is 295 g/mol. The van der Waals surface area contributed by atoms with Crippen molar-refractivity contribution >= 4 is 6.09 Å². The van der Waals surface area contributed by atoms with Crippen molar-refractivity contribution in [2.75, 3.05) is 6.54 Å². The molecule has 1 aromatic carbocycles. The molecule has 0 bridgehead atoms. The van der Waals surface area contributed by atoms with Gasteiger partial charge in [0.1, 0.15) is 5.60 Å². The molecule has 0 aromatic heterocycles. The predicted octanol–water partition coefficient (Wildman–Crippen LogP) is 4.78. The Balaban J connectivity index is 2.15. The molecule has 1 aliphatic heterocycles. The van der Waals surface area contributed by atoms with Crippen molar-refractivity contribution < 1.29 is 22.7 Å². The minimum absolute atomic E-state index is 0.225. The van der Waals surface area contributed by atoms with Gasteiger partial charge in [0.15, 0.2) is 0 Å². The summed E-state index contributed by atoms with van der Waals surface area (Å²) < 4.78 is 43.2. The van der Waals surface area contributed by atoms with Crippen molar-refractivity contribution in [1.82, 2.24) is 4.90 Å². The number of carbonyl (C=O) groups is 1. The Morgan fingerprint density at radius 3 is 2.27 bits per heavy atom. The highest BCUT2D eigenvalue weighted by molar-refractivity contribution is 5.69. The number of ether oxygens (including phenoxy) is 1. The third kappa shape index (κ3) is 3.93. The van der Waals surface area contributed by atoms with Gasteiger partial charge in [-0.2, -0.15) is 13.2 Å². The lowest BCUT2D eigenvalue weighted by Crippen LogP contribution is -2.36. The first-order valence-electron chi connectivity index (χ1n) is 7.25. The zero-order valence-electron chi connectivity index (χ0n) is 12.9. The topological polar surface area (TPSA) is 29.5 Å². The van der Waals surface area contributed by atoms with Gasteiger partial charge in [-0.15, -0.1) is 0 Å². The maximum absolute atomic E-state index is 12.6. The molecule has 0 saturated carbocycles. The summed E-state index contributed by atoms with van der Waals surface area (Å²) in [5.41, 5.74) is -0.570. The van der Waals surface area contributed by atoms with Crippen molar-refractivity contribution in [3.63, 3.8) is 0 Å². The molecule has 1 saturated heterocycles. The van der Waals surface area contributed by atoms with Gasteiger partial charge in [-0.3, -0.25) is 0 Å². The number of hydrogen-bond donors (Lipinski definition) is 0. The maximum atomic E-state index is 12.6. The number of benzene rings is 1. The second kappa shape index (κ2) is 5.82. The van der Waals surface area contributed by atoms with Gasteiger partial charge in [0, 0.05) is 6.54 Å². The molecular formula is C16H20F3NO2. The van der Waals surface area contributed by atoms with Crippen LogP contribution >= 0.6 is 0 Å². The van der Waals surface area contributed by atoms with Gasteiger partial charge in [-0.05, 0) is 51.3 Å². The fourth-order valence-electron chi connectivity index (χ4n) is 2.55. The standard InChI is InChI=1S/C16H20F3NO2/c1-15(2,3)22-14(21)20-10-4-5-13(20)11-6-8-12(9-7-11)16(17,18)19/h6-9,13H,4-5,10H2,1-3H3/t13-/m0/s1. The van der Waals surface area contributed by atoms with Gasteiger partial charge >= 0.3 is 12.3 Å². The fraction of sp³-hybridized carbons (Fsp3) is 0.562. The van der Waals surface area contributed by atoms with Crippen molar-refractivity contribution in [3.05, 3.63) is 35.4 Å². The molecule has 1 fully saturated rings. The van der Waals surface area contributed by atoms with E-state index in [1.54, 1.807) is 25.7 Å². The van der Waals surface area contributed by atoms with Gasteiger partial charge < -0.3 is 9.64 Å².